The Kier molecular flexibility index (Phi) is 4.92. The normalized spacial score (nSPS) is 14.6. The predicted molar refractivity (Wildman–Crippen MR) is 100 cm³/mol. The molecule has 1 aromatic heterocycles. The van der Waals surface area contributed by atoms with Crippen molar-refractivity contribution in [3.63, 3.8) is 0 Å². The first-order valence-corrected chi connectivity index (χ1v) is 8.04. The summed E-state index contributed by atoms with van der Waals surface area (Å²) in [6.45, 7) is 4.47. The number of anilines is 1. The lowest BCUT2D eigenvalue weighted by Crippen LogP contribution is -2.43. The van der Waals surface area contributed by atoms with E-state index in [0.717, 1.165) is 48.5 Å². The van der Waals surface area contributed by atoms with E-state index >= 15 is 0 Å². The maximum absolute atomic E-state index is 12.5. The molecule has 0 bridgehead atoms. The standard InChI is InChI=1S/C18H20N4O.ClH/c23-18-20-17-15(21-11-9-19-10-12-21)7-4-8-16(17)22(18)13-14-5-2-1-3-6-14;/h1-8,19H,9-13H2,(H,20,23);1H. The Morgan fingerprint density at radius 3 is 2.46 bits per heavy atom. The molecule has 126 valence electrons. The highest BCUT2D eigenvalue weighted by molar-refractivity contribution is 5.89. The van der Waals surface area contributed by atoms with Crippen molar-refractivity contribution in [1.29, 1.82) is 0 Å². The molecular weight excluding hydrogens is 324 g/mol. The van der Waals surface area contributed by atoms with E-state index in [9.17, 15) is 4.79 Å². The van der Waals surface area contributed by atoms with Crippen LogP contribution in [0, 0.1) is 0 Å². The quantitative estimate of drug-likeness (QED) is 0.766. The summed E-state index contributed by atoms with van der Waals surface area (Å²) in [4.78, 5) is 17.8. The summed E-state index contributed by atoms with van der Waals surface area (Å²) in [6.07, 6.45) is 0. The molecular formula is C18H21ClN4O. The molecule has 2 N–H and O–H groups in total. The molecule has 3 aromatic rings. The van der Waals surface area contributed by atoms with Gasteiger partial charge >= 0.3 is 5.69 Å². The van der Waals surface area contributed by atoms with Crippen molar-refractivity contribution in [3.8, 4) is 0 Å². The van der Waals surface area contributed by atoms with Gasteiger partial charge in [-0.05, 0) is 17.7 Å². The second kappa shape index (κ2) is 7.11. The van der Waals surface area contributed by atoms with Gasteiger partial charge in [-0.15, -0.1) is 12.4 Å². The van der Waals surface area contributed by atoms with Crippen molar-refractivity contribution in [2.24, 2.45) is 0 Å². The molecule has 24 heavy (non-hydrogen) atoms. The van der Waals surface area contributed by atoms with Gasteiger partial charge in [-0.2, -0.15) is 0 Å². The van der Waals surface area contributed by atoms with Crippen molar-refractivity contribution in [3.05, 3.63) is 64.6 Å². The Morgan fingerprint density at radius 2 is 1.71 bits per heavy atom. The molecule has 0 aliphatic carbocycles. The van der Waals surface area contributed by atoms with Crippen molar-refractivity contribution in [2.75, 3.05) is 31.1 Å². The Morgan fingerprint density at radius 1 is 0.958 bits per heavy atom. The zero-order valence-electron chi connectivity index (χ0n) is 13.4. The molecule has 0 unspecified atom stereocenters. The number of benzene rings is 2. The number of hydrogen-bond acceptors (Lipinski definition) is 3. The highest BCUT2D eigenvalue weighted by Gasteiger charge is 2.16. The van der Waals surface area contributed by atoms with Gasteiger partial charge in [0.2, 0.25) is 0 Å². The summed E-state index contributed by atoms with van der Waals surface area (Å²) >= 11 is 0. The van der Waals surface area contributed by atoms with Crippen LogP contribution in [0.15, 0.2) is 53.3 Å². The van der Waals surface area contributed by atoms with Crippen molar-refractivity contribution in [1.82, 2.24) is 14.9 Å². The van der Waals surface area contributed by atoms with Gasteiger partial charge in [-0.25, -0.2) is 4.79 Å². The lowest BCUT2D eigenvalue weighted by Gasteiger charge is -2.29. The van der Waals surface area contributed by atoms with E-state index < -0.39 is 0 Å². The first-order valence-electron chi connectivity index (χ1n) is 8.04. The summed E-state index contributed by atoms with van der Waals surface area (Å²) in [5.74, 6) is 0. The molecule has 1 aliphatic heterocycles. The third kappa shape index (κ3) is 3.05. The van der Waals surface area contributed by atoms with Crippen LogP contribution in [0.5, 0.6) is 0 Å². The number of imidazole rings is 1. The number of nitrogens with zero attached hydrogens (tertiary/aromatic N) is 2. The van der Waals surface area contributed by atoms with Gasteiger partial charge in [0.15, 0.2) is 0 Å². The Balaban J connectivity index is 0.00000169. The fourth-order valence-corrected chi connectivity index (χ4v) is 3.26. The van der Waals surface area contributed by atoms with Gasteiger partial charge < -0.3 is 15.2 Å². The van der Waals surface area contributed by atoms with Gasteiger partial charge in [0.25, 0.3) is 0 Å². The maximum Gasteiger partial charge on any atom is 0.326 e. The van der Waals surface area contributed by atoms with E-state index in [-0.39, 0.29) is 18.1 Å². The molecule has 2 aromatic carbocycles. The minimum absolute atomic E-state index is 0. The third-order valence-electron chi connectivity index (χ3n) is 4.43. The van der Waals surface area contributed by atoms with Crippen LogP contribution in [0.25, 0.3) is 11.0 Å². The first-order chi connectivity index (χ1) is 11.3. The molecule has 0 radical (unpaired) electrons. The molecule has 1 fully saturated rings. The Bertz CT molecular complexity index is 866. The fraction of sp³-hybridized carbons (Fsp3) is 0.278. The molecule has 4 rings (SSSR count). The van der Waals surface area contributed by atoms with E-state index in [0.29, 0.717) is 6.54 Å². The second-order valence-electron chi connectivity index (χ2n) is 5.91. The summed E-state index contributed by atoms with van der Waals surface area (Å²) in [6, 6.07) is 16.2. The van der Waals surface area contributed by atoms with Crippen molar-refractivity contribution >= 4 is 29.1 Å². The highest BCUT2D eigenvalue weighted by Crippen LogP contribution is 2.25. The largest absolute Gasteiger partial charge is 0.367 e. The van der Waals surface area contributed by atoms with E-state index in [1.54, 1.807) is 0 Å². The van der Waals surface area contributed by atoms with Gasteiger partial charge in [-0.3, -0.25) is 4.57 Å². The highest BCUT2D eigenvalue weighted by atomic mass is 35.5. The topological polar surface area (TPSA) is 53.1 Å². The fourth-order valence-electron chi connectivity index (χ4n) is 3.26. The predicted octanol–water partition coefficient (Wildman–Crippen LogP) is 2.21. The lowest BCUT2D eigenvalue weighted by atomic mass is 10.2. The smallest absolute Gasteiger partial charge is 0.326 e. The Hall–Kier alpha value is -2.24. The van der Waals surface area contributed by atoms with Crippen LogP contribution >= 0.6 is 12.4 Å². The van der Waals surface area contributed by atoms with Gasteiger partial charge in [-0.1, -0.05) is 36.4 Å². The maximum atomic E-state index is 12.5. The minimum atomic E-state index is -0.0496. The average Bonchev–Trinajstić information content (AvgIpc) is 2.92. The monoisotopic (exact) mass is 344 g/mol. The number of H-pyrrole nitrogens is 1. The van der Waals surface area contributed by atoms with Gasteiger partial charge in [0.1, 0.15) is 0 Å². The van der Waals surface area contributed by atoms with E-state index in [4.69, 9.17) is 0 Å². The molecule has 2 heterocycles. The van der Waals surface area contributed by atoms with Crippen LogP contribution in [-0.2, 0) is 6.54 Å². The number of fused-ring (bicyclic) bond motifs is 1. The second-order valence-corrected chi connectivity index (χ2v) is 5.91. The van der Waals surface area contributed by atoms with Crippen molar-refractivity contribution in [2.45, 2.75) is 6.54 Å². The van der Waals surface area contributed by atoms with Crippen LogP contribution in [0.1, 0.15) is 5.56 Å². The number of nitrogens with one attached hydrogen (secondary N) is 2. The summed E-state index contributed by atoms with van der Waals surface area (Å²) in [5, 5.41) is 3.36. The number of aromatic amines is 1. The summed E-state index contributed by atoms with van der Waals surface area (Å²) < 4.78 is 1.82. The van der Waals surface area contributed by atoms with Crippen molar-refractivity contribution < 1.29 is 0 Å². The van der Waals surface area contributed by atoms with Gasteiger partial charge in [0, 0.05) is 26.2 Å². The van der Waals surface area contributed by atoms with Gasteiger partial charge in [0.05, 0.1) is 23.3 Å². The number of hydrogen-bond donors (Lipinski definition) is 2. The summed E-state index contributed by atoms with van der Waals surface area (Å²) in [7, 11) is 0. The number of halogens is 1. The SMILES string of the molecule is Cl.O=c1[nH]c2c(N3CCNCC3)cccc2n1Cc1ccccc1. The lowest BCUT2D eigenvalue weighted by molar-refractivity contribution is 0.590. The molecule has 0 amide bonds. The van der Waals surface area contributed by atoms with Crippen LogP contribution in [0.4, 0.5) is 5.69 Å². The number of rotatable bonds is 3. The van der Waals surface area contributed by atoms with Crippen LogP contribution in [-0.4, -0.2) is 35.7 Å². The van der Waals surface area contributed by atoms with E-state index in [1.807, 2.05) is 47.0 Å². The third-order valence-corrected chi connectivity index (χ3v) is 4.43. The zero-order chi connectivity index (χ0) is 15.6. The molecule has 6 heteroatoms. The van der Waals surface area contributed by atoms with Crippen LogP contribution in [0.2, 0.25) is 0 Å². The molecule has 0 spiro atoms. The molecule has 0 saturated carbocycles. The zero-order valence-corrected chi connectivity index (χ0v) is 14.2. The number of piperazine rings is 1. The molecule has 1 saturated heterocycles. The Labute approximate surface area is 146 Å². The number of para-hydroxylation sites is 1. The number of aromatic nitrogens is 2. The van der Waals surface area contributed by atoms with E-state index in [2.05, 4.69) is 21.3 Å². The summed E-state index contributed by atoms with van der Waals surface area (Å²) in [5.41, 5.74) is 4.10. The van der Waals surface area contributed by atoms with Crippen LogP contribution < -0.4 is 15.9 Å². The minimum Gasteiger partial charge on any atom is -0.367 e. The molecule has 0 atom stereocenters. The average molecular weight is 345 g/mol. The molecule has 1 aliphatic rings. The van der Waals surface area contributed by atoms with Crippen LogP contribution in [0.3, 0.4) is 0 Å². The molecule has 5 nitrogen and oxygen atoms in total. The first kappa shape index (κ1) is 16.6. The van der Waals surface area contributed by atoms with E-state index in [1.165, 1.54) is 0 Å².